The Hall–Kier alpha value is -1.72. The third-order valence-electron chi connectivity index (χ3n) is 1.81. The molecule has 0 bridgehead atoms. The summed E-state index contributed by atoms with van der Waals surface area (Å²) in [5.41, 5.74) is -0.683. The minimum absolute atomic E-state index is 0.0608. The molecular formula is C9H11FN2O3. The molecule has 1 heterocycles. The molecular weight excluding hydrogens is 203 g/mol. The molecule has 0 unspecified atom stereocenters. The first kappa shape index (κ1) is 11.4. The monoisotopic (exact) mass is 214 g/mol. The number of hydrogen-bond donors (Lipinski definition) is 0. The van der Waals surface area contributed by atoms with Crippen LogP contribution in [0.25, 0.3) is 0 Å². The van der Waals surface area contributed by atoms with Crippen LogP contribution >= 0.6 is 0 Å². The van der Waals surface area contributed by atoms with Gasteiger partial charge in [0.25, 0.3) is 5.56 Å². The fraction of sp³-hybridized carbons (Fsp3) is 0.444. The molecule has 0 amide bonds. The van der Waals surface area contributed by atoms with E-state index in [1.165, 1.54) is 6.92 Å². The highest BCUT2D eigenvalue weighted by molar-refractivity contribution is 5.68. The van der Waals surface area contributed by atoms with Gasteiger partial charge in [0.2, 0.25) is 0 Å². The number of nitrogens with zero attached hydrogens (tertiary/aromatic N) is 2. The summed E-state index contributed by atoms with van der Waals surface area (Å²) in [5, 5.41) is 3.49. The van der Waals surface area contributed by atoms with Gasteiger partial charge in [0.05, 0.1) is 18.4 Å². The number of carbonyl (C=O) groups is 1. The molecule has 0 aliphatic rings. The highest BCUT2D eigenvalue weighted by Crippen LogP contribution is 1.96. The molecule has 0 spiro atoms. The Morgan fingerprint density at radius 3 is 2.93 bits per heavy atom. The fourth-order valence-corrected chi connectivity index (χ4v) is 1.01. The smallest absolute Gasteiger partial charge is 0.327 e. The van der Waals surface area contributed by atoms with E-state index < -0.39 is 17.3 Å². The second kappa shape index (κ2) is 4.68. The van der Waals surface area contributed by atoms with Crippen molar-refractivity contribution < 1.29 is 13.9 Å². The van der Waals surface area contributed by atoms with Gasteiger partial charge in [-0.1, -0.05) is 0 Å². The summed E-state index contributed by atoms with van der Waals surface area (Å²) in [6, 6.07) is 0. The van der Waals surface area contributed by atoms with Crippen molar-refractivity contribution in [1.82, 2.24) is 9.78 Å². The fourth-order valence-electron chi connectivity index (χ4n) is 1.01. The number of halogens is 1. The number of hydrogen-bond acceptors (Lipinski definition) is 4. The summed E-state index contributed by atoms with van der Waals surface area (Å²) in [6.45, 7) is 2.92. The quantitative estimate of drug-likeness (QED) is 0.677. The molecule has 0 aliphatic heterocycles. The molecule has 15 heavy (non-hydrogen) atoms. The first-order valence-corrected chi connectivity index (χ1v) is 4.44. The number of esters is 1. The van der Waals surface area contributed by atoms with Gasteiger partial charge < -0.3 is 4.74 Å². The minimum Gasteiger partial charge on any atom is -0.465 e. The van der Waals surface area contributed by atoms with Crippen LogP contribution in [0.5, 0.6) is 0 Å². The van der Waals surface area contributed by atoms with Gasteiger partial charge in [-0.05, 0) is 13.8 Å². The number of ether oxygens (including phenoxy) is 1. The Labute approximate surface area is 85.5 Å². The van der Waals surface area contributed by atoms with Gasteiger partial charge in [-0.3, -0.25) is 9.59 Å². The summed E-state index contributed by atoms with van der Waals surface area (Å²) in [7, 11) is 0. The molecule has 0 saturated carbocycles. The number of rotatable bonds is 3. The maximum atomic E-state index is 12.9. The summed E-state index contributed by atoms with van der Waals surface area (Å²) in [6.07, 6.45) is 0.899. The van der Waals surface area contributed by atoms with Crippen molar-refractivity contribution in [1.29, 1.82) is 0 Å². The van der Waals surface area contributed by atoms with Crippen LogP contribution in [0, 0.1) is 12.7 Å². The lowest BCUT2D eigenvalue weighted by Gasteiger charge is -2.04. The Balaban J connectivity index is 2.92. The maximum absolute atomic E-state index is 12.9. The van der Waals surface area contributed by atoms with Gasteiger partial charge in [-0.25, -0.2) is 9.07 Å². The van der Waals surface area contributed by atoms with Crippen LogP contribution in [0.1, 0.15) is 12.5 Å². The Bertz CT molecular complexity index is 428. The average molecular weight is 214 g/mol. The SMILES string of the molecule is CCOC(=O)Cn1ncc(F)c(C)c1=O. The molecule has 82 valence electrons. The molecule has 0 radical (unpaired) electrons. The molecule has 1 aromatic heterocycles. The van der Waals surface area contributed by atoms with E-state index in [9.17, 15) is 14.0 Å². The second-order valence-electron chi connectivity index (χ2n) is 2.89. The van der Waals surface area contributed by atoms with Gasteiger partial charge >= 0.3 is 5.97 Å². The first-order chi connectivity index (χ1) is 7.06. The van der Waals surface area contributed by atoms with Gasteiger partial charge in [0.15, 0.2) is 5.82 Å². The van der Waals surface area contributed by atoms with E-state index in [0.29, 0.717) is 0 Å². The van der Waals surface area contributed by atoms with E-state index in [4.69, 9.17) is 0 Å². The van der Waals surface area contributed by atoms with Crippen LogP contribution < -0.4 is 5.56 Å². The number of carbonyl (C=O) groups excluding carboxylic acids is 1. The van der Waals surface area contributed by atoms with Crippen LogP contribution in [0.4, 0.5) is 4.39 Å². The van der Waals surface area contributed by atoms with Crippen molar-refractivity contribution in [3.8, 4) is 0 Å². The van der Waals surface area contributed by atoms with Crippen molar-refractivity contribution >= 4 is 5.97 Å². The van der Waals surface area contributed by atoms with E-state index in [0.717, 1.165) is 10.9 Å². The molecule has 0 fully saturated rings. The van der Waals surface area contributed by atoms with Gasteiger partial charge in [-0.2, -0.15) is 5.10 Å². The summed E-state index contributed by atoms with van der Waals surface area (Å²) in [5.74, 6) is -1.25. The van der Waals surface area contributed by atoms with Crippen LogP contribution in [0.15, 0.2) is 11.0 Å². The molecule has 1 rings (SSSR count). The van der Waals surface area contributed by atoms with Crippen molar-refractivity contribution in [3.05, 3.63) is 27.9 Å². The zero-order valence-electron chi connectivity index (χ0n) is 8.49. The van der Waals surface area contributed by atoms with Crippen molar-refractivity contribution in [3.63, 3.8) is 0 Å². The third-order valence-corrected chi connectivity index (χ3v) is 1.81. The lowest BCUT2D eigenvalue weighted by atomic mass is 10.3. The van der Waals surface area contributed by atoms with Crippen molar-refractivity contribution in [2.24, 2.45) is 0 Å². The van der Waals surface area contributed by atoms with Gasteiger partial charge in [0.1, 0.15) is 6.54 Å². The van der Waals surface area contributed by atoms with E-state index in [2.05, 4.69) is 9.84 Å². The zero-order valence-corrected chi connectivity index (χ0v) is 8.49. The molecule has 0 aliphatic carbocycles. The van der Waals surface area contributed by atoms with Crippen molar-refractivity contribution in [2.75, 3.05) is 6.61 Å². The summed E-state index contributed by atoms with van der Waals surface area (Å²) >= 11 is 0. The zero-order chi connectivity index (χ0) is 11.4. The predicted molar refractivity (Wildman–Crippen MR) is 49.8 cm³/mol. The lowest BCUT2D eigenvalue weighted by Crippen LogP contribution is -2.29. The maximum Gasteiger partial charge on any atom is 0.327 e. The summed E-state index contributed by atoms with van der Waals surface area (Å²) < 4.78 is 18.4. The normalized spacial score (nSPS) is 10.1. The van der Waals surface area contributed by atoms with E-state index in [-0.39, 0.29) is 18.7 Å². The topological polar surface area (TPSA) is 61.2 Å². The van der Waals surface area contributed by atoms with Gasteiger partial charge in [0, 0.05) is 0 Å². The highest BCUT2D eigenvalue weighted by atomic mass is 19.1. The van der Waals surface area contributed by atoms with Crippen LogP contribution in [0.3, 0.4) is 0 Å². The molecule has 0 aromatic carbocycles. The van der Waals surface area contributed by atoms with E-state index in [1.807, 2.05) is 0 Å². The minimum atomic E-state index is -0.680. The number of aromatic nitrogens is 2. The van der Waals surface area contributed by atoms with Crippen LogP contribution in [-0.2, 0) is 16.1 Å². The Morgan fingerprint density at radius 2 is 2.33 bits per heavy atom. The molecule has 5 nitrogen and oxygen atoms in total. The molecule has 6 heteroatoms. The first-order valence-electron chi connectivity index (χ1n) is 4.44. The van der Waals surface area contributed by atoms with E-state index >= 15 is 0 Å². The van der Waals surface area contributed by atoms with Crippen molar-refractivity contribution in [2.45, 2.75) is 20.4 Å². The van der Waals surface area contributed by atoms with Crippen LogP contribution in [-0.4, -0.2) is 22.4 Å². The Kier molecular flexibility index (Phi) is 3.54. The standard InChI is InChI=1S/C9H11FN2O3/c1-3-15-8(13)5-12-9(14)6(2)7(10)4-11-12/h4H,3,5H2,1-2H3. The molecule has 1 aromatic rings. The lowest BCUT2D eigenvalue weighted by molar-refractivity contribution is -0.144. The van der Waals surface area contributed by atoms with E-state index in [1.54, 1.807) is 6.92 Å². The largest absolute Gasteiger partial charge is 0.465 e. The van der Waals surface area contributed by atoms with Crippen LogP contribution in [0.2, 0.25) is 0 Å². The third kappa shape index (κ3) is 2.61. The summed E-state index contributed by atoms with van der Waals surface area (Å²) in [4.78, 5) is 22.4. The highest BCUT2D eigenvalue weighted by Gasteiger charge is 2.10. The predicted octanol–water partition coefficient (Wildman–Crippen LogP) is 0.254. The molecule has 0 saturated heterocycles. The second-order valence-corrected chi connectivity index (χ2v) is 2.89. The molecule has 0 N–H and O–H groups in total. The van der Waals surface area contributed by atoms with Gasteiger partial charge in [-0.15, -0.1) is 0 Å². The Morgan fingerprint density at radius 1 is 1.67 bits per heavy atom. The molecule has 0 atom stereocenters. The average Bonchev–Trinajstić information content (AvgIpc) is 2.20.